The molecule has 2 aliphatic rings. The third-order valence-corrected chi connectivity index (χ3v) is 8.64. The van der Waals surface area contributed by atoms with Crippen LogP contribution in [-0.2, 0) is 10.0 Å². The molecule has 0 atom stereocenters. The van der Waals surface area contributed by atoms with Gasteiger partial charge in [0.05, 0.1) is 10.8 Å². The standard InChI is InChI=1S/C17H29N5O2S3/c1-18-17(19-6-14-27(23,24)22-9-12-25-13-10-22)20-15-4-7-21(8-5-15)16-3-2-11-26-16/h2-3,11,15H,4-10,12-14H2,1H3,(H2,18,19,20). The van der Waals surface area contributed by atoms with Gasteiger partial charge in [-0.15, -0.1) is 11.3 Å². The molecule has 1 aromatic heterocycles. The van der Waals surface area contributed by atoms with Crippen LogP contribution in [0.1, 0.15) is 12.8 Å². The molecule has 2 fully saturated rings. The lowest BCUT2D eigenvalue weighted by Crippen LogP contribution is -2.50. The highest BCUT2D eigenvalue weighted by Gasteiger charge is 2.24. The predicted molar refractivity (Wildman–Crippen MR) is 117 cm³/mol. The van der Waals surface area contributed by atoms with E-state index >= 15 is 0 Å². The van der Waals surface area contributed by atoms with Crippen molar-refractivity contribution in [1.82, 2.24) is 14.9 Å². The van der Waals surface area contributed by atoms with E-state index in [2.05, 4.69) is 38.0 Å². The molecule has 0 spiro atoms. The van der Waals surface area contributed by atoms with Crippen LogP contribution in [0.3, 0.4) is 0 Å². The Morgan fingerprint density at radius 3 is 2.63 bits per heavy atom. The quantitative estimate of drug-likeness (QED) is 0.522. The lowest BCUT2D eigenvalue weighted by molar-refractivity contribution is 0.442. The van der Waals surface area contributed by atoms with Gasteiger partial charge in [-0.1, -0.05) is 0 Å². The Bertz CT molecular complexity index is 694. The predicted octanol–water partition coefficient (Wildman–Crippen LogP) is 1.26. The molecule has 1 aromatic rings. The first-order valence-electron chi connectivity index (χ1n) is 9.40. The van der Waals surface area contributed by atoms with Crippen LogP contribution in [0.5, 0.6) is 0 Å². The van der Waals surface area contributed by atoms with Crippen LogP contribution < -0.4 is 15.5 Å². The number of nitrogens with one attached hydrogen (secondary N) is 2. The zero-order valence-electron chi connectivity index (χ0n) is 15.8. The van der Waals surface area contributed by atoms with Gasteiger partial charge in [0.25, 0.3) is 0 Å². The maximum atomic E-state index is 12.4. The fourth-order valence-corrected chi connectivity index (χ4v) is 6.61. The number of sulfonamides is 1. The summed E-state index contributed by atoms with van der Waals surface area (Å²) in [5.41, 5.74) is 0. The first kappa shape index (κ1) is 20.8. The summed E-state index contributed by atoms with van der Waals surface area (Å²) in [5.74, 6) is 2.57. The third kappa shape index (κ3) is 6.00. The summed E-state index contributed by atoms with van der Waals surface area (Å²) in [6.07, 6.45) is 2.09. The van der Waals surface area contributed by atoms with Crippen molar-refractivity contribution in [3.63, 3.8) is 0 Å². The normalized spacial score (nSPS) is 20.6. The van der Waals surface area contributed by atoms with Crippen molar-refractivity contribution in [2.75, 3.05) is 61.9 Å². The van der Waals surface area contributed by atoms with Crippen molar-refractivity contribution in [2.45, 2.75) is 18.9 Å². The van der Waals surface area contributed by atoms with Crippen LogP contribution in [0.15, 0.2) is 22.5 Å². The molecule has 10 heteroatoms. The summed E-state index contributed by atoms with van der Waals surface area (Å²) in [6, 6.07) is 4.62. The van der Waals surface area contributed by atoms with Crippen LogP contribution in [0.2, 0.25) is 0 Å². The molecule has 27 heavy (non-hydrogen) atoms. The fraction of sp³-hybridized carbons (Fsp3) is 0.706. The number of hydrogen-bond donors (Lipinski definition) is 2. The van der Waals surface area contributed by atoms with Gasteiger partial charge in [0.1, 0.15) is 0 Å². The second-order valence-electron chi connectivity index (χ2n) is 6.68. The molecule has 0 aromatic carbocycles. The minimum atomic E-state index is -3.18. The molecular weight excluding hydrogens is 402 g/mol. The summed E-state index contributed by atoms with van der Waals surface area (Å²) < 4.78 is 26.4. The minimum Gasteiger partial charge on any atom is -0.363 e. The Morgan fingerprint density at radius 2 is 2.00 bits per heavy atom. The number of nitrogens with zero attached hydrogens (tertiary/aromatic N) is 3. The van der Waals surface area contributed by atoms with Crippen LogP contribution >= 0.6 is 23.1 Å². The first-order chi connectivity index (χ1) is 13.1. The van der Waals surface area contributed by atoms with Crippen LogP contribution in [0.4, 0.5) is 5.00 Å². The molecule has 3 rings (SSSR count). The summed E-state index contributed by atoms with van der Waals surface area (Å²) in [6.45, 7) is 3.68. The van der Waals surface area contributed by atoms with E-state index < -0.39 is 10.0 Å². The molecule has 0 saturated carbocycles. The highest BCUT2D eigenvalue weighted by Crippen LogP contribution is 2.24. The molecule has 0 bridgehead atoms. The van der Waals surface area contributed by atoms with E-state index in [4.69, 9.17) is 0 Å². The zero-order valence-corrected chi connectivity index (χ0v) is 18.2. The molecule has 2 aliphatic heterocycles. The van der Waals surface area contributed by atoms with Gasteiger partial charge in [0.15, 0.2) is 5.96 Å². The Labute approximate surface area is 170 Å². The van der Waals surface area contributed by atoms with Gasteiger partial charge >= 0.3 is 0 Å². The average molecular weight is 432 g/mol. The number of hydrogen-bond acceptors (Lipinski definition) is 6. The summed E-state index contributed by atoms with van der Waals surface area (Å²) in [4.78, 5) is 6.67. The van der Waals surface area contributed by atoms with Gasteiger partial charge in [-0.05, 0) is 30.4 Å². The Hall–Kier alpha value is -0.970. The van der Waals surface area contributed by atoms with Gasteiger partial charge in [-0.25, -0.2) is 12.7 Å². The number of rotatable bonds is 6. The van der Waals surface area contributed by atoms with E-state index in [1.165, 1.54) is 5.00 Å². The molecular formula is C17H29N5O2S3. The van der Waals surface area contributed by atoms with Crippen molar-refractivity contribution < 1.29 is 8.42 Å². The average Bonchev–Trinajstić information content (AvgIpc) is 3.23. The third-order valence-electron chi connectivity index (χ3n) is 4.89. The van der Waals surface area contributed by atoms with Gasteiger partial charge in [-0.3, -0.25) is 4.99 Å². The number of anilines is 1. The first-order valence-corrected chi connectivity index (χ1v) is 13.0. The summed E-state index contributed by atoms with van der Waals surface area (Å²) in [5, 5.41) is 10.1. The number of thioether (sulfide) groups is 1. The van der Waals surface area contributed by atoms with E-state index in [1.807, 2.05) is 11.8 Å². The SMILES string of the molecule is CN=C(NCCS(=O)(=O)N1CCSCC1)NC1CCN(c2cccs2)CC1. The topological polar surface area (TPSA) is 77.0 Å². The van der Waals surface area contributed by atoms with Crippen molar-refractivity contribution in [2.24, 2.45) is 4.99 Å². The molecule has 7 nitrogen and oxygen atoms in total. The molecule has 0 radical (unpaired) electrons. The van der Waals surface area contributed by atoms with Gasteiger partial charge in [0.2, 0.25) is 10.0 Å². The smallest absolute Gasteiger partial charge is 0.215 e. The van der Waals surface area contributed by atoms with Crippen molar-refractivity contribution in [3.05, 3.63) is 17.5 Å². The van der Waals surface area contributed by atoms with Crippen molar-refractivity contribution in [3.8, 4) is 0 Å². The number of aliphatic imine (C=N–C) groups is 1. The van der Waals surface area contributed by atoms with E-state index in [9.17, 15) is 8.42 Å². The Kier molecular flexibility index (Phi) is 7.68. The molecule has 2 saturated heterocycles. The van der Waals surface area contributed by atoms with Crippen LogP contribution in [0, 0.1) is 0 Å². The molecule has 0 amide bonds. The van der Waals surface area contributed by atoms with Crippen molar-refractivity contribution in [1.29, 1.82) is 0 Å². The highest BCUT2D eigenvalue weighted by atomic mass is 32.2. The van der Waals surface area contributed by atoms with Crippen molar-refractivity contribution >= 4 is 44.1 Å². The zero-order chi connectivity index (χ0) is 19.1. The van der Waals surface area contributed by atoms with E-state index in [0.29, 0.717) is 31.6 Å². The van der Waals surface area contributed by atoms with E-state index in [1.54, 1.807) is 22.7 Å². The maximum absolute atomic E-state index is 12.4. The van der Waals surface area contributed by atoms with E-state index in [-0.39, 0.29) is 5.75 Å². The summed E-state index contributed by atoms with van der Waals surface area (Å²) in [7, 11) is -1.45. The molecule has 3 heterocycles. The second-order valence-corrected chi connectivity index (χ2v) is 10.9. The van der Waals surface area contributed by atoms with Gasteiger partial charge < -0.3 is 15.5 Å². The molecule has 0 aliphatic carbocycles. The highest BCUT2D eigenvalue weighted by molar-refractivity contribution is 7.99. The molecule has 0 unspecified atom stereocenters. The number of guanidine groups is 1. The largest absolute Gasteiger partial charge is 0.363 e. The van der Waals surface area contributed by atoms with Crippen LogP contribution in [-0.4, -0.2) is 81.8 Å². The lowest BCUT2D eigenvalue weighted by atomic mass is 10.1. The lowest BCUT2D eigenvalue weighted by Gasteiger charge is -2.33. The monoisotopic (exact) mass is 431 g/mol. The van der Waals surface area contributed by atoms with E-state index in [0.717, 1.165) is 37.4 Å². The summed E-state index contributed by atoms with van der Waals surface area (Å²) >= 11 is 3.59. The number of piperidine rings is 1. The second kappa shape index (κ2) is 9.99. The fourth-order valence-electron chi connectivity index (χ4n) is 3.33. The van der Waals surface area contributed by atoms with Gasteiger partial charge in [-0.2, -0.15) is 11.8 Å². The Morgan fingerprint density at radius 1 is 1.26 bits per heavy atom. The maximum Gasteiger partial charge on any atom is 0.215 e. The number of thiophene rings is 1. The Balaban J connectivity index is 1.39. The van der Waals surface area contributed by atoms with Gasteiger partial charge in [0, 0.05) is 57.3 Å². The van der Waals surface area contributed by atoms with Crippen LogP contribution in [0.25, 0.3) is 0 Å². The molecule has 152 valence electrons. The minimum absolute atomic E-state index is 0.106. The molecule has 2 N–H and O–H groups in total.